The van der Waals surface area contributed by atoms with Gasteiger partial charge in [-0.05, 0) is 47.1 Å². The van der Waals surface area contributed by atoms with E-state index in [9.17, 15) is 9.90 Å². The third-order valence-corrected chi connectivity index (χ3v) is 6.08. The Bertz CT molecular complexity index is 761. The lowest BCUT2D eigenvalue weighted by molar-refractivity contribution is 0.0796. The van der Waals surface area contributed by atoms with Gasteiger partial charge in [0, 0.05) is 9.37 Å². The first kappa shape index (κ1) is 17.0. The van der Waals surface area contributed by atoms with E-state index < -0.39 is 4.75 Å². The minimum atomic E-state index is -1.03. The molecular formula is C17H14Br2O3S. The SMILES string of the molecule is Cc1ccc(S[C@@]2(CO)COc3c(Br)cc(Br)cc3C2=O)cc1. The first-order chi connectivity index (χ1) is 10.9. The molecule has 2 aromatic rings. The van der Waals surface area contributed by atoms with Crippen LogP contribution in [0.4, 0.5) is 0 Å². The highest BCUT2D eigenvalue weighted by Gasteiger charge is 2.45. The molecule has 120 valence electrons. The molecule has 0 saturated heterocycles. The maximum Gasteiger partial charge on any atom is 0.188 e. The highest BCUT2D eigenvalue weighted by Crippen LogP contribution is 2.44. The van der Waals surface area contributed by atoms with Crippen molar-refractivity contribution in [2.75, 3.05) is 13.2 Å². The van der Waals surface area contributed by atoms with Crippen LogP contribution in [-0.4, -0.2) is 28.9 Å². The van der Waals surface area contributed by atoms with Crippen molar-refractivity contribution < 1.29 is 14.6 Å². The average molecular weight is 458 g/mol. The first-order valence-electron chi connectivity index (χ1n) is 6.98. The number of fused-ring (bicyclic) bond motifs is 1. The van der Waals surface area contributed by atoms with Crippen molar-refractivity contribution in [3.63, 3.8) is 0 Å². The van der Waals surface area contributed by atoms with E-state index in [2.05, 4.69) is 31.9 Å². The van der Waals surface area contributed by atoms with Crippen molar-refractivity contribution in [3.05, 3.63) is 56.5 Å². The molecule has 1 aliphatic rings. The summed E-state index contributed by atoms with van der Waals surface area (Å²) < 4.78 is 6.30. The molecule has 0 bridgehead atoms. The zero-order valence-corrected chi connectivity index (χ0v) is 16.3. The molecule has 3 rings (SSSR count). The van der Waals surface area contributed by atoms with Crippen LogP contribution in [0.5, 0.6) is 5.75 Å². The quantitative estimate of drug-likeness (QED) is 0.730. The largest absolute Gasteiger partial charge is 0.490 e. The van der Waals surface area contributed by atoms with Gasteiger partial charge in [-0.15, -0.1) is 11.8 Å². The second-order valence-electron chi connectivity index (χ2n) is 5.45. The summed E-state index contributed by atoms with van der Waals surface area (Å²) in [6, 6.07) is 11.5. The van der Waals surface area contributed by atoms with E-state index in [4.69, 9.17) is 4.74 Å². The third kappa shape index (κ3) is 3.22. The van der Waals surface area contributed by atoms with Crippen LogP contribution in [0.1, 0.15) is 15.9 Å². The Balaban J connectivity index is 2.00. The van der Waals surface area contributed by atoms with Crippen LogP contribution in [0, 0.1) is 6.92 Å². The minimum Gasteiger partial charge on any atom is -0.490 e. The number of halogens is 2. The summed E-state index contributed by atoms with van der Waals surface area (Å²) in [5.41, 5.74) is 1.63. The number of aliphatic hydroxyl groups excluding tert-OH is 1. The van der Waals surface area contributed by atoms with Crippen molar-refractivity contribution in [1.82, 2.24) is 0 Å². The van der Waals surface area contributed by atoms with Gasteiger partial charge in [-0.2, -0.15) is 0 Å². The highest BCUT2D eigenvalue weighted by molar-refractivity contribution is 9.11. The summed E-state index contributed by atoms with van der Waals surface area (Å²) in [7, 11) is 0. The van der Waals surface area contributed by atoms with Gasteiger partial charge in [-0.25, -0.2) is 0 Å². The number of ether oxygens (including phenoxy) is 1. The molecule has 2 aromatic carbocycles. The predicted molar refractivity (Wildman–Crippen MR) is 98.5 cm³/mol. The van der Waals surface area contributed by atoms with Crippen LogP contribution in [0.15, 0.2) is 50.2 Å². The fraction of sp³-hybridized carbons (Fsp3) is 0.235. The Labute approximate surface area is 155 Å². The van der Waals surface area contributed by atoms with Crippen molar-refractivity contribution in [1.29, 1.82) is 0 Å². The standard InChI is InChI=1S/C17H14Br2O3S/c1-10-2-4-12(5-3-10)23-17(8-20)9-22-15-13(16(17)21)6-11(18)7-14(15)19/h2-7,20H,8-9H2,1H3/t17-/m0/s1. The highest BCUT2D eigenvalue weighted by atomic mass is 79.9. The molecular weight excluding hydrogens is 444 g/mol. The number of hydrogen-bond donors (Lipinski definition) is 1. The fourth-order valence-corrected chi connectivity index (χ4v) is 4.88. The summed E-state index contributed by atoms with van der Waals surface area (Å²) >= 11 is 8.16. The second-order valence-corrected chi connectivity index (χ2v) is 8.68. The minimum absolute atomic E-state index is 0.117. The Kier molecular flexibility index (Phi) is 4.88. The lowest BCUT2D eigenvalue weighted by Crippen LogP contribution is -2.47. The number of aryl methyl sites for hydroxylation is 1. The van der Waals surface area contributed by atoms with E-state index in [1.807, 2.05) is 37.3 Å². The Morgan fingerprint density at radius 2 is 1.96 bits per heavy atom. The van der Waals surface area contributed by atoms with Crippen LogP contribution in [0.2, 0.25) is 0 Å². The van der Waals surface area contributed by atoms with E-state index in [0.717, 1.165) is 19.4 Å². The van der Waals surface area contributed by atoms with Crippen molar-refractivity contribution >= 4 is 49.4 Å². The molecule has 1 N–H and O–H groups in total. The molecule has 0 aromatic heterocycles. The Morgan fingerprint density at radius 1 is 1.26 bits per heavy atom. The normalized spacial score (nSPS) is 20.1. The van der Waals surface area contributed by atoms with Crippen LogP contribution in [0.3, 0.4) is 0 Å². The van der Waals surface area contributed by atoms with Gasteiger partial charge < -0.3 is 9.84 Å². The molecule has 3 nitrogen and oxygen atoms in total. The van der Waals surface area contributed by atoms with Gasteiger partial charge in [0.1, 0.15) is 17.1 Å². The molecule has 1 atom stereocenters. The van der Waals surface area contributed by atoms with E-state index >= 15 is 0 Å². The molecule has 0 aliphatic carbocycles. The zero-order chi connectivity index (χ0) is 16.6. The van der Waals surface area contributed by atoms with Crippen LogP contribution in [-0.2, 0) is 0 Å². The number of aliphatic hydroxyl groups is 1. The number of thioether (sulfide) groups is 1. The first-order valence-corrected chi connectivity index (χ1v) is 9.39. The summed E-state index contributed by atoms with van der Waals surface area (Å²) in [5.74, 6) is 0.417. The van der Waals surface area contributed by atoms with Gasteiger partial charge in [0.25, 0.3) is 0 Å². The molecule has 0 amide bonds. The van der Waals surface area contributed by atoms with Gasteiger partial charge in [-0.1, -0.05) is 33.6 Å². The summed E-state index contributed by atoms with van der Waals surface area (Å²) in [6.07, 6.45) is 0. The smallest absolute Gasteiger partial charge is 0.188 e. The predicted octanol–water partition coefficient (Wildman–Crippen LogP) is 4.62. The van der Waals surface area contributed by atoms with E-state index in [0.29, 0.717) is 11.3 Å². The van der Waals surface area contributed by atoms with Crippen molar-refractivity contribution in [3.8, 4) is 5.75 Å². The van der Waals surface area contributed by atoms with E-state index in [1.54, 1.807) is 6.07 Å². The molecule has 23 heavy (non-hydrogen) atoms. The fourth-order valence-electron chi connectivity index (χ4n) is 2.43. The van der Waals surface area contributed by atoms with Crippen LogP contribution in [0.25, 0.3) is 0 Å². The number of ketones is 1. The lowest BCUT2D eigenvalue weighted by Gasteiger charge is -2.34. The number of Topliss-reactive ketones (excluding diaryl/α,β-unsaturated/α-hetero) is 1. The molecule has 6 heteroatoms. The van der Waals surface area contributed by atoms with Crippen LogP contribution < -0.4 is 4.74 Å². The molecule has 1 aliphatic heterocycles. The average Bonchev–Trinajstić information content (AvgIpc) is 2.53. The molecule has 0 radical (unpaired) electrons. The molecule has 0 spiro atoms. The van der Waals surface area contributed by atoms with Gasteiger partial charge in [-0.3, -0.25) is 4.79 Å². The monoisotopic (exact) mass is 456 g/mol. The number of hydrogen-bond acceptors (Lipinski definition) is 4. The van der Waals surface area contributed by atoms with Gasteiger partial charge in [0.2, 0.25) is 0 Å². The van der Waals surface area contributed by atoms with Crippen LogP contribution >= 0.6 is 43.6 Å². The molecule has 0 unspecified atom stereocenters. The van der Waals surface area contributed by atoms with E-state index in [1.165, 1.54) is 11.8 Å². The topological polar surface area (TPSA) is 46.5 Å². The second kappa shape index (κ2) is 6.59. The number of benzene rings is 2. The Morgan fingerprint density at radius 3 is 2.61 bits per heavy atom. The molecule has 0 fully saturated rings. The van der Waals surface area contributed by atoms with Crippen molar-refractivity contribution in [2.45, 2.75) is 16.6 Å². The number of rotatable bonds is 3. The van der Waals surface area contributed by atoms with Crippen molar-refractivity contribution in [2.24, 2.45) is 0 Å². The lowest BCUT2D eigenvalue weighted by atomic mass is 9.95. The Hall–Kier alpha value is -0.820. The number of carbonyl (C=O) groups excluding carboxylic acids is 1. The zero-order valence-electron chi connectivity index (χ0n) is 12.3. The summed E-state index contributed by atoms with van der Waals surface area (Å²) in [5, 5.41) is 9.95. The maximum absolute atomic E-state index is 13.0. The van der Waals surface area contributed by atoms with Gasteiger partial charge in [0.05, 0.1) is 16.6 Å². The number of carbonyl (C=O) groups is 1. The molecule has 0 saturated carbocycles. The van der Waals surface area contributed by atoms with Gasteiger partial charge in [0.15, 0.2) is 5.78 Å². The third-order valence-electron chi connectivity index (χ3n) is 3.71. The summed E-state index contributed by atoms with van der Waals surface area (Å²) in [4.78, 5) is 14.0. The van der Waals surface area contributed by atoms with Gasteiger partial charge >= 0.3 is 0 Å². The van der Waals surface area contributed by atoms with E-state index in [-0.39, 0.29) is 19.0 Å². The maximum atomic E-state index is 13.0. The molecule has 1 heterocycles. The summed E-state index contributed by atoms with van der Waals surface area (Å²) in [6.45, 7) is 1.86.